The topological polar surface area (TPSA) is 9.23 Å². The summed E-state index contributed by atoms with van der Waals surface area (Å²) in [5.74, 6) is -1.67. The molecule has 4 heteroatoms. The molecule has 0 saturated heterocycles. The van der Waals surface area contributed by atoms with Crippen LogP contribution in [0.2, 0.25) is 0 Å². The van der Waals surface area contributed by atoms with E-state index in [1.807, 2.05) is 26.0 Å². The number of ether oxygens (including phenoxy) is 1. The van der Waals surface area contributed by atoms with Crippen molar-refractivity contribution in [3.05, 3.63) is 89.3 Å². The normalized spacial score (nSPS) is 12.4. The van der Waals surface area contributed by atoms with E-state index in [1.54, 1.807) is 24.3 Å². The predicted molar refractivity (Wildman–Crippen MR) is 114 cm³/mol. The van der Waals surface area contributed by atoms with Gasteiger partial charge < -0.3 is 4.74 Å². The average Bonchev–Trinajstić information content (AvgIpc) is 2.75. The molecule has 0 atom stereocenters. The summed E-state index contributed by atoms with van der Waals surface area (Å²) in [6, 6.07) is 14.0. The van der Waals surface area contributed by atoms with E-state index in [-0.39, 0.29) is 16.9 Å². The highest BCUT2D eigenvalue weighted by Crippen LogP contribution is 2.32. The van der Waals surface area contributed by atoms with Gasteiger partial charge in [0, 0.05) is 16.5 Å². The molecule has 150 valence electrons. The molecule has 3 aromatic carbocycles. The lowest BCUT2D eigenvalue weighted by molar-refractivity contribution is 0.362. The number of allylic oxidation sites excluding steroid dienone is 1. The van der Waals surface area contributed by atoms with Gasteiger partial charge in [0.05, 0.1) is 0 Å². The Kier molecular flexibility index (Phi) is 6.76. The first-order valence-corrected chi connectivity index (χ1v) is 9.66. The van der Waals surface area contributed by atoms with E-state index in [2.05, 4.69) is 0 Å². The van der Waals surface area contributed by atoms with Crippen LogP contribution in [0.15, 0.2) is 66.7 Å². The molecule has 3 rings (SSSR count). The number of benzene rings is 3. The van der Waals surface area contributed by atoms with Gasteiger partial charge in [-0.05, 0) is 54.6 Å². The lowest BCUT2D eigenvalue weighted by Gasteiger charge is -2.08. The summed E-state index contributed by atoms with van der Waals surface area (Å²) in [5.41, 5.74) is 0.822. The van der Waals surface area contributed by atoms with Crippen molar-refractivity contribution in [2.75, 3.05) is 6.61 Å². The highest BCUT2D eigenvalue weighted by atomic mass is 19.2. The zero-order chi connectivity index (χ0) is 20.8. The van der Waals surface area contributed by atoms with Crippen LogP contribution in [0, 0.1) is 5.82 Å². The first kappa shape index (κ1) is 20.7. The second kappa shape index (κ2) is 9.46. The molecule has 0 unspecified atom stereocenters. The standard InChI is InChI=1S/C25H23F3O/c1-3-5-15-29-21-12-9-18(10-13-21)24(27)25(28)20-11-14-22-19(16-20)8-7-17(6-4-2)23(22)26/h3,5,7-14,16H,4,6,15H2,1-2H3. The second-order valence-corrected chi connectivity index (χ2v) is 6.76. The van der Waals surface area contributed by atoms with Crippen LogP contribution in [-0.4, -0.2) is 6.61 Å². The van der Waals surface area contributed by atoms with Gasteiger partial charge in [-0.3, -0.25) is 0 Å². The zero-order valence-corrected chi connectivity index (χ0v) is 16.5. The zero-order valence-electron chi connectivity index (χ0n) is 16.5. The van der Waals surface area contributed by atoms with Gasteiger partial charge in [0.1, 0.15) is 18.2 Å². The Morgan fingerprint density at radius 2 is 1.62 bits per heavy atom. The average molecular weight is 396 g/mol. The van der Waals surface area contributed by atoms with Crippen molar-refractivity contribution in [3.8, 4) is 5.75 Å². The molecule has 0 bridgehead atoms. The van der Waals surface area contributed by atoms with Gasteiger partial charge in [0.25, 0.3) is 0 Å². The molecule has 3 aromatic rings. The Bertz CT molecular complexity index is 1050. The molecule has 0 aliphatic rings. The summed E-state index contributed by atoms with van der Waals surface area (Å²) in [7, 11) is 0. The fourth-order valence-corrected chi connectivity index (χ4v) is 3.13. The Balaban J connectivity index is 1.89. The number of aryl methyl sites for hydroxylation is 1. The minimum absolute atomic E-state index is 0.0750. The molecule has 0 heterocycles. The van der Waals surface area contributed by atoms with E-state index in [4.69, 9.17) is 4.74 Å². The van der Waals surface area contributed by atoms with Gasteiger partial charge in [0.15, 0.2) is 11.7 Å². The van der Waals surface area contributed by atoms with Gasteiger partial charge in [0.2, 0.25) is 0 Å². The highest BCUT2D eigenvalue weighted by Gasteiger charge is 2.14. The predicted octanol–water partition coefficient (Wildman–Crippen LogP) is 7.65. The molecule has 0 aliphatic carbocycles. The molecular formula is C25H23F3O. The molecule has 0 N–H and O–H groups in total. The molecule has 0 radical (unpaired) electrons. The number of fused-ring (bicyclic) bond motifs is 1. The van der Waals surface area contributed by atoms with Gasteiger partial charge in [-0.1, -0.05) is 49.8 Å². The van der Waals surface area contributed by atoms with Crippen molar-refractivity contribution in [1.82, 2.24) is 0 Å². The molecule has 0 aromatic heterocycles. The first-order valence-electron chi connectivity index (χ1n) is 9.66. The molecule has 0 amide bonds. The molecule has 0 aliphatic heterocycles. The SMILES string of the molecule is CC=CCOc1ccc(C(F)=C(F)c2ccc3c(F)c(CCC)ccc3c2)cc1. The number of halogens is 3. The minimum atomic E-state index is -0.979. The fourth-order valence-electron chi connectivity index (χ4n) is 3.13. The summed E-state index contributed by atoms with van der Waals surface area (Å²) < 4.78 is 49.5. The number of rotatable bonds is 7. The highest BCUT2D eigenvalue weighted by molar-refractivity contribution is 5.90. The summed E-state index contributed by atoms with van der Waals surface area (Å²) in [5, 5.41) is 0.950. The fraction of sp³-hybridized carbons (Fsp3) is 0.200. The number of hydrogen-bond donors (Lipinski definition) is 0. The van der Waals surface area contributed by atoms with Crippen molar-refractivity contribution in [2.45, 2.75) is 26.7 Å². The van der Waals surface area contributed by atoms with Crippen LogP contribution in [0.3, 0.4) is 0 Å². The third kappa shape index (κ3) is 4.70. The van der Waals surface area contributed by atoms with E-state index in [9.17, 15) is 13.2 Å². The molecule has 0 saturated carbocycles. The smallest absolute Gasteiger partial charge is 0.166 e. The molecule has 0 spiro atoms. The molecule has 0 fully saturated rings. The Hall–Kier alpha value is -3.01. The van der Waals surface area contributed by atoms with Crippen molar-refractivity contribution in [2.24, 2.45) is 0 Å². The van der Waals surface area contributed by atoms with Crippen LogP contribution in [-0.2, 0) is 6.42 Å². The largest absolute Gasteiger partial charge is 0.490 e. The van der Waals surface area contributed by atoms with Crippen molar-refractivity contribution in [1.29, 1.82) is 0 Å². The summed E-state index contributed by atoms with van der Waals surface area (Å²) in [6.45, 7) is 4.29. The third-order valence-corrected chi connectivity index (χ3v) is 4.69. The van der Waals surface area contributed by atoms with Gasteiger partial charge in [-0.25, -0.2) is 13.2 Å². The van der Waals surface area contributed by atoms with Crippen LogP contribution in [0.4, 0.5) is 13.2 Å². The van der Waals surface area contributed by atoms with E-state index in [1.165, 1.54) is 30.3 Å². The van der Waals surface area contributed by atoms with Crippen LogP contribution in [0.1, 0.15) is 37.0 Å². The van der Waals surface area contributed by atoms with E-state index < -0.39 is 11.7 Å². The monoisotopic (exact) mass is 396 g/mol. The summed E-state index contributed by atoms with van der Waals surface area (Å²) in [6.07, 6.45) is 5.19. The van der Waals surface area contributed by atoms with Gasteiger partial charge >= 0.3 is 0 Å². The van der Waals surface area contributed by atoms with Gasteiger partial charge in [-0.2, -0.15) is 0 Å². The maximum Gasteiger partial charge on any atom is 0.166 e. The maximum absolute atomic E-state index is 14.8. The van der Waals surface area contributed by atoms with Crippen LogP contribution in [0.5, 0.6) is 5.75 Å². The van der Waals surface area contributed by atoms with Crippen molar-refractivity contribution >= 4 is 22.4 Å². The Morgan fingerprint density at radius 1 is 0.931 bits per heavy atom. The van der Waals surface area contributed by atoms with E-state index in [0.717, 1.165) is 6.42 Å². The second-order valence-electron chi connectivity index (χ2n) is 6.76. The van der Waals surface area contributed by atoms with Gasteiger partial charge in [-0.15, -0.1) is 0 Å². The van der Waals surface area contributed by atoms with E-state index in [0.29, 0.717) is 35.1 Å². The van der Waals surface area contributed by atoms with Crippen LogP contribution >= 0.6 is 0 Å². The molecule has 29 heavy (non-hydrogen) atoms. The first-order chi connectivity index (χ1) is 14.0. The van der Waals surface area contributed by atoms with Crippen LogP contribution < -0.4 is 4.74 Å². The third-order valence-electron chi connectivity index (χ3n) is 4.69. The maximum atomic E-state index is 14.8. The minimum Gasteiger partial charge on any atom is -0.490 e. The lowest BCUT2D eigenvalue weighted by Crippen LogP contribution is -1.93. The van der Waals surface area contributed by atoms with Crippen molar-refractivity contribution < 1.29 is 17.9 Å². The summed E-state index contributed by atoms with van der Waals surface area (Å²) in [4.78, 5) is 0. The van der Waals surface area contributed by atoms with Crippen LogP contribution in [0.25, 0.3) is 22.4 Å². The quantitative estimate of drug-likeness (QED) is 0.294. The number of hydrogen-bond acceptors (Lipinski definition) is 1. The van der Waals surface area contributed by atoms with Crippen molar-refractivity contribution in [3.63, 3.8) is 0 Å². The molecule has 1 nitrogen and oxygen atoms in total. The molecular weight excluding hydrogens is 373 g/mol. The Labute approximate surface area is 169 Å². The summed E-state index contributed by atoms with van der Waals surface area (Å²) >= 11 is 0. The lowest BCUT2D eigenvalue weighted by atomic mass is 10.00. The van der Waals surface area contributed by atoms with E-state index >= 15 is 0 Å². The Morgan fingerprint density at radius 3 is 2.31 bits per heavy atom.